The minimum atomic E-state index is -4.11. The summed E-state index contributed by atoms with van der Waals surface area (Å²) in [5.74, 6) is -1.67. The Bertz CT molecular complexity index is 757. The summed E-state index contributed by atoms with van der Waals surface area (Å²) in [4.78, 5) is 24.9. The summed E-state index contributed by atoms with van der Waals surface area (Å²) in [5, 5.41) is 0. The molecule has 0 bridgehead atoms. The maximum Gasteiger partial charge on any atom is 0.273 e. The zero-order chi connectivity index (χ0) is 19.9. The first kappa shape index (κ1) is 21.6. The summed E-state index contributed by atoms with van der Waals surface area (Å²) in [6.07, 6.45) is 9.83. The van der Waals surface area contributed by atoms with Crippen molar-refractivity contribution >= 4 is 21.8 Å². The van der Waals surface area contributed by atoms with Crippen LogP contribution in [-0.4, -0.2) is 24.5 Å². The Balaban J connectivity index is 1.89. The van der Waals surface area contributed by atoms with Gasteiger partial charge in [0.05, 0.1) is 4.90 Å². The zero-order valence-corrected chi connectivity index (χ0v) is 17.3. The monoisotopic (exact) mass is 393 g/mol. The molecule has 1 fully saturated rings. The summed E-state index contributed by atoms with van der Waals surface area (Å²) >= 11 is 0. The first-order valence-corrected chi connectivity index (χ1v) is 11.5. The molecule has 1 aromatic rings. The number of sulfonamides is 1. The second-order valence-corrected chi connectivity index (χ2v) is 9.19. The average Bonchev–Trinajstić information content (AvgIpc) is 2.91. The molecule has 0 N–H and O–H groups in total. The highest BCUT2D eigenvalue weighted by Crippen LogP contribution is 2.31. The molecular formula is C21H31NO4S. The van der Waals surface area contributed by atoms with E-state index in [9.17, 15) is 18.0 Å². The third-order valence-electron chi connectivity index (χ3n) is 5.21. The van der Waals surface area contributed by atoms with Crippen LogP contribution in [0, 0.1) is 12.8 Å². The predicted molar refractivity (Wildman–Crippen MR) is 106 cm³/mol. The molecule has 27 heavy (non-hydrogen) atoms. The van der Waals surface area contributed by atoms with E-state index in [1.165, 1.54) is 38.2 Å². The lowest BCUT2D eigenvalue weighted by atomic mass is 9.99. The van der Waals surface area contributed by atoms with Crippen LogP contribution in [0.4, 0.5) is 0 Å². The summed E-state index contributed by atoms with van der Waals surface area (Å²) in [5.41, 5.74) is 0.532. The highest BCUT2D eigenvalue weighted by atomic mass is 32.2. The summed E-state index contributed by atoms with van der Waals surface area (Å²) in [7, 11) is -4.11. The molecule has 5 nitrogen and oxygen atoms in total. The van der Waals surface area contributed by atoms with Crippen molar-refractivity contribution in [3.8, 4) is 0 Å². The number of unbranched alkanes of at least 4 members (excludes halogenated alkanes) is 7. The van der Waals surface area contributed by atoms with Gasteiger partial charge in [0, 0.05) is 12.3 Å². The van der Waals surface area contributed by atoms with Crippen LogP contribution in [0.25, 0.3) is 0 Å². The number of carbonyl (C=O) groups excluding carboxylic acids is 2. The summed E-state index contributed by atoms with van der Waals surface area (Å²) in [6, 6.07) is 6.43. The minimum Gasteiger partial charge on any atom is -0.273 e. The second kappa shape index (κ2) is 10.0. The van der Waals surface area contributed by atoms with Crippen molar-refractivity contribution in [3.05, 3.63) is 29.8 Å². The van der Waals surface area contributed by atoms with E-state index in [4.69, 9.17) is 0 Å². The molecule has 150 valence electrons. The van der Waals surface area contributed by atoms with Crippen LogP contribution < -0.4 is 0 Å². The molecule has 1 heterocycles. The number of carbonyl (C=O) groups is 2. The quantitative estimate of drug-likeness (QED) is 0.407. The SMILES string of the molecule is CCCCCCCCCCC1CC(=O)N(S(=O)(=O)c2ccccc2C)C1=O. The molecule has 0 radical (unpaired) electrons. The maximum atomic E-state index is 12.8. The summed E-state index contributed by atoms with van der Waals surface area (Å²) < 4.78 is 26.1. The van der Waals surface area contributed by atoms with Gasteiger partial charge in [-0.1, -0.05) is 76.5 Å². The molecule has 2 rings (SSSR count). The second-order valence-electron chi connectivity index (χ2n) is 7.43. The van der Waals surface area contributed by atoms with Gasteiger partial charge in [0.2, 0.25) is 11.8 Å². The lowest BCUT2D eigenvalue weighted by Crippen LogP contribution is -2.37. The van der Waals surface area contributed by atoms with Gasteiger partial charge in [-0.2, -0.15) is 4.31 Å². The molecule has 1 unspecified atom stereocenters. The molecule has 1 saturated heterocycles. The van der Waals surface area contributed by atoms with Crippen LogP contribution in [0.15, 0.2) is 29.2 Å². The smallest absolute Gasteiger partial charge is 0.273 e. The van der Waals surface area contributed by atoms with Crippen molar-refractivity contribution in [2.24, 2.45) is 5.92 Å². The van der Waals surface area contributed by atoms with Gasteiger partial charge in [0.1, 0.15) is 0 Å². The Morgan fingerprint density at radius 1 is 0.963 bits per heavy atom. The highest BCUT2D eigenvalue weighted by Gasteiger charge is 2.45. The number of nitrogens with zero attached hydrogens (tertiary/aromatic N) is 1. The summed E-state index contributed by atoms with van der Waals surface area (Å²) in [6.45, 7) is 3.86. The van der Waals surface area contributed by atoms with E-state index in [0.717, 1.165) is 19.3 Å². The molecule has 6 heteroatoms. The fourth-order valence-corrected chi connectivity index (χ4v) is 5.27. The number of imide groups is 1. The van der Waals surface area contributed by atoms with Gasteiger partial charge in [-0.25, -0.2) is 8.42 Å². The van der Waals surface area contributed by atoms with Crippen molar-refractivity contribution in [3.63, 3.8) is 0 Å². The molecule has 2 amide bonds. The van der Waals surface area contributed by atoms with E-state index in [1.54, 1.807) is 25.1 Å². The Hall–Kier alpha value is -1.69. The van der Waals surface area contributed by atoms with E-state index in [-0.39, 0.29) is 11.3 Å². The Labute approximate surface area is 163 Å². The fourth-order valence-electron chi connectivity index (χ4n) is 3.62. The molecular weight excluding hydrogens is 362 g/mol. The normalized spacial score (nSPS) is 17.7. The number of hydrogen-bond acceptors (Lipinski definition) is 4. The van der Waals surface area contributed by atoms with Crippen LogP contribution >= 0.6 is 0 Å². The Kier molecular flexibility index (Phi) is 8.02. The standard InChI is InChI=1S/C21H31NO4S/c1-3-4-5-6-7-8-9-10-14-18-16-20(23)22(21(18)24)27(25,26)19-15-12-11-13-17(19)2/h11-13,15,18H,3-10,14,16H2,1-2H3. The van der Waals surface area contributed by atoms with Gasteiger partial charge in [-0.05, 0) is 25.0 Å². The van der Waals surface area contributed by atoms with Crippen LogP contribution in [0.5, 0.6) is 0 Å². The number of amides is 2. The molecule has 0 spiro atoms. The van der Waals surface area contributed by atoms with E-state index < -0.39 is 27.8 Å². The van der Waals surface area contributed by atoms with E-state index >= 15 is 0 Å². The van der Waals surface area contributed by atoms with Gasteiger partial charge >= 0.3 is 0 Å². The van der Waals surface area contributed by atoms with Gasteiger partial charge < -0.3 is 0 Å². The number of hydrogen-bond donors (Lipinski definition) is 0. The van der Waals surface area contributed by atoms with E-state index in [1.807, 2.05) is 0 Å². The minimum absolute atomic E-state index is 0.000441. The van der Waals surface area contributed by atoms with E-state index in [0.29, 0.717) is 16.3 Å². The molecule has 1 aliphatic heterocycles. The van der Waals surface area contributed by atoms with Crippen molar-refractivity contribution in [2.75, 3.05) is 0 Å². The largest absolute Gasteiger partial charge is 0.273 e. The van der Waals surface area contributed by atoms with Crippen LogP contribution in [0.1, 0.15) is 76.7 Å². The Morgan fingerprint density at radius 3 is 2.19 bits per heavy atom. The van der Waals surface area contributed by atoms with Crippen LogP contribution in [0.2, 0.25) is 0 Å². The zero-order valence-electron chi connectivity index (χ0n) is 16.4. The number of rotatable bonds is 11. The number of benzene rings is 1. The maximum absolute atomic E-state index is 12.8. The Morgan fingerprint density at radius 2 is 1.56 bits per heavy atom. The molecule has 1 aromatic carbocycles. The molecule has 0 aromatic heterocycles. The first-order valence-electron chi connectivity index (χ1n) is 10.1. The third-order valence-corrected chi connectivity index (χ3v) is 7.09. The predicted octanol–water partition coefficient (Wildman–Crippen LogP) is 4.59. The fraction of sp³-hybridized carbons (Fsp3) is 0.619. The molecule has 1 aliphatic rings. The first-order chi connectivity index (χ1) is 12.9. The van der Waals surface area contributed by atoms with Crippen molar-refractivity contribution in [2.45, 2.75) is 83.0 Å². The van der Waals surface area contributed by atoms with Crippen LogP contribution in [0.3, 0.4) is 0 Å². The molecule has 0 saturated carbocycles. The van der Waals surface area contributed by atoms with Gasteiger partial charge in [-0.15, -0.1) is 0 Å². The van der Waals surface area contributed by atoms with E-state index in [2.05, 4.69) is 6.92 Å². The highest BCUT2D eigenvalue weighted by molar-refractivity contribution is 7.90. The molecule has 1 atom stereocenters. The number of aryl methyl sites for hydroxylation is 1. The van der Waals surface area contributed by atoms with Gasteiger partial charge in [-0.3, -0.25) is 9.59 Å². The average molecular weight is 394 g/mol. The van der Waals surface area contributed by atoms with Crippen molar-refractivity contribution in [1.82, 2.24) is 4.31 Å². The molecule has 0 aliphatic carbocycles. The lowest BCUT2D eigenvalue weighted by Gasteiger charge is -2.16. The lowest BCUT2D eigenvalue weighted by molar-refractivity contribution is -0.133. The topological polar surface area (TPSA) is 71.5 Å². The van der Waals surface area contributed by atoms with Crippen LogP contribution in [-0.2, 0) is 19.6 Å². The van der Waals surface area contributed by atoms with Gasteiger partial charge in [0.15, 0.2) is 0 Å². The van der Waals surface area contributed by atoms with Crippen molar-refractivity contribution in [1.29, 1.82) is 0 Å². The third kappa shape index (κ3) is 5.41. The van der Waals surface area contributed by atoms with Crippen molar-refractivity contribution < 1.29 is 18.0 Å². The van der Waals surface area contributed by atoms with Gasteiger partial charge in [0.25, 0.3) is 10.0 Å².